The van der Waals surface area contributed by atoms with Gasteiger partial charge in [0.05, 0.1) is 23.4 Å². The van der Waals surface area contributed by atoms with Crippen molar-refractivity contribution < 1.29 is 14.3 Å². The van der Waals surface area contributed by atoms with Crippen molar-refractivity contribution in [2.75, 3.05) is 6.61 Å². The number of ketones is 1. The number of carbonyl (C=O) groups excluding carboxylic acids is 2. The van der Waals surface area contributed by atoms with Crippen LogP contribution >= 0.6 is 15.9 Å². The van der Waals surface area contributed by atoms with Gasteiger partial charge in [0.2, 0.25) is 5.78 Å². The van der Waals surface area contributed by atoms with E-state index in [2.05, 4.69) is 15.9 Å². The molecule has 0 aliphatic heterocycles. The molecule has 0 spiro atoms. The van der Waals surface area contributed by atoms with E-state index in [-0.39, 0.29) is 5.78 Å². The summed E-state index contributed by atoms with van der Waals surface area (Å²) in [5.41, 5.74) is 4.41. The van der Waals surface area contributed by atoms with Crippen molar-refractivity contribution in [1.29, 1.82) is 0 Å². The van der Waals surface area contributed by atoms with E-state index in [0.717, 1.165) is 33.1 Å². The number of nitrogens with zero attached hydrogens (tertiary/aromatic N) is 1. The van der Waals surface area contributed by atoms with Gasteiger partial charge in [-0.05, 0) is 55.3 Å². The lowest BCUT2D eigenvalue weighted by molar-refractivity contribution is 0.0528. The molecule has 0 bridgehead atoms. The van der Waals surface area contributed by atoms with Crippen LogP contribution in [0.15, 0.2) is 40.5 Å². The lowest BCUT2D eigenvalue weighted by Gasteiger charge is -2.11. The van der Waals surface area contributed by atoms with Gasteiger partial charge < -0.3 is 9.14 Å². The first-order valence-electron chi connectivity index (χ1n) is 8.31. The summed E-state index contributed by atoms with van der Waals surface area (Å²) >= 11 is 3.46. The number of hydrogen-bond donors (Lipinski definition) is 0. The predicted molar refractivity (Wildman–Crippen MR) is 101 cm³/mol. The number of ether oxygens (including phenoxy) is 1. The van der Waals surface area contributed by atoms with Crippen molar-refractivity contribution in [3.8, 4) is 0 Å². The van der Waals surface area contributed by atoms with Crippen LogP contribution in [0.25, 0.3) is 5.52 Å². The van der Waals surface area contributed by atoms with Gasteiger partial charge in [0.15, 0.2) is 0 Å². The molecule has 0 amide bonds. The van der Waals surface area contributed by atoms with E-state index in [1.165, 1.54) is 0 Å². The van der Waals surface area contributed by atoms with Crippen LogP contribution in [0.3, 0.4) is 0 Å². The zero-order chi connectivity index (χ0) is 18.1. The summed E-state index contributed by atoms with van der Waals surface area (Å²) in [6, 6.07) is 3.67. The van der Waals surface area contributed by atoms with Crippen molar-refractivity contribution in [1.82, 2.24) is 4.40 Å². The average molecular weight is 402 g/mol. The highest BCUT2D eigenvalue weighted by Gasteiger charge is 2.24. The van der Waals surface area contributed by atoms with Gasteiger partial charge in [-0.2, -0.15) is 0 Å². The van der Waals surface area contributed by atoms with E-state index < -0.39 is 5.97 Å². The Morgan fingerprint density at radius 1 is 1.20 bits per heavy atom. The maximum Gasteiger partial charge on any atom is 0.340 e. The quantitative estimate of drug-likeness (QED) is 0.539. The summed E-state index contributed by atoms with van der Waals surface area (Å²) in [5, 5.41) is 0. The SMILES string of the molecule is CCOC(=O)c1cc(C(=O)C2=CC=C(Br)CC2)n2cc(C)cc(C)c12. The number of esters is 1. The van der Waals surface area contributed by atoms with Gasteiger partial charge in [-0.3, -0.25) is 4.79 Å². The van der Waals surface area contributed by atoms with Gasteiger partial charge in [0, 0.05) is 11.8 Å². The topological polar surface area (TPSA) is 47.8 Å². The Morgan fingerprint density at radius 3 is 2.60 bits per heavy atom. The number of aromatic nitrogens is 1. The Morgan fingerprint density at radius 2 is 1.96 bits per heavy atom. The van der Waals surface area contributed by atoms with Crippen molar-refractivity contribution >= 4 is 33.2 Å². The van der Waals surface area contributed by atoms with Crippen molar-refractivity contribution in [2.45, 2.75) is 33.6 Å². The normalized spacial score (nSPS) is 14.2. The van der Waals surface area contributed by atoms with E-state index in [1.54, 1.807) is 13.0 Å². The van der Waals surface area contributed by atoms with Crippen LogP contribution in [-0.2, 0) is 4.74 Å². The van der Waals surface area contributed by atoms with Gasteiger partial charge in [-0.25, -0.2) is 4.79 Å². The highest BCUT2D eigenvalue weighted by Crippen LogP contribution is 2.28. The molecule has 0 N–H and O–H groups in total. The molecule has 2 aromatic rings. The fourth-order valence-corrected chi connectivity index (χ4v) is 3.55. The third-order valence-electron chi connectivity index (χ3n) is 4.31. The Hall–Kier alpha value is -2.14. The summed E-state index contributed by atoms with van der Waals surface area (Å²) in [6.45, 7) is 5.99. The third-order valence-corrected chi connectivity index (χ3v) is 4.97. The van der Waals surface area contributed by atoms with Gasteiger partial charge in [0.25, 0.3) is 0 Å². The molecule has 1 aliphatic rings. The minimum atomic E-state index is -0.397. The van der Waals surface area contributed by atoms with Crippen LogP contribution in [-0.4, -0.2) is 22.8 Å². The molecule has 0 saturated carbocycles. The fraction of sp³-hybridized carbons (Fsp3) is 0.300. The number of Topliss-reactive ketones (excluding diaryl/α,β-unsaturated/α-hetero) is 1. The fourth-order valence-electron chi connectivity index (χ4n) is 3.22. The largest absolute Gasteiger partial charge is 0.462 e. The highest BCUT2D eigenvalue weighted by molar-refractivity contribution is 9.11. The standard InChI is InChI=1S/C20H20BrNO3/c1-4-25-20(24)16-10-17(19(23)14-5-7-15(21)8-6-14)22-11-12(2)9-13(3)18(16)22/h5,7,9-11H,4,6,8H2,1-3H3. The maximum absolute atomic E-state index is 13.1. The van der Waals surface area contributed by atoms with Gasteiger partial charge in [-0.15, -0.1) is 0 Å². The molecule has 5 heteroatoms. The number of hydrogen-bond acceptors (Lipinski definition) is 3. The first kappa shape index (κ1) is 17.7. The molecule has 2 heterocycles. The molecular weight excluding hydrogens is 382 g/mol. The van der Waals surface area contributed by atoms with Gasteiger partial charge in [0.1, 0.15) is 0 Å². The molecule has 0 radical (unpaired) electrons. The molecule has 0 unspecified atom stereocenters. The number of fused-ring (bicyclic) bond motifs is 1. The van der Waals surface area contributed by atoms with Crippen LogP contribution in [0.2, 0.25) is 0 Å². The Labute approximate surface area is 155 Å². The van der Waals surface area contributed by atoms with Crippen molar-refractivity contribution in [3.05, 3.63) is 62.9 Å². The number of carbonyl (C=O) groups is 2. The van der Waals surface area contributed by atoms with Crippen LogP contribution in [0.5, 0.6) is 0 Å². The highest BCUT2D eigenvalue weighted by atomic mass is 79.9. The molecule has 130 valence electrons. The Kier molecular flexibility index (Phi) is 4.95. The molecule has 2 aromatic heterocycles. The van der Waals surface area contributed by atoms with Crippen molar-refractivity contribution in [3.63, 3.8) is 0 Å². The van der Waals surface area contributed by atoms with E-state index in [0.29, 0.717) is 24.3 Å². The average Bonchev–Trinajstić information content (AvgIpc) is 2.95. The second kappa shape index (κ2) is 7.00. The number of rotatable bonds is 4. The monoisotopic (exact) mass is 401 g/mol. The third kappa shape index (κ3) is 3.33. The van der Waals surface area contributed by atoms with E-state index in [9.17, 15) is 9.59 Å². The number of allylic oxidation sites excluding steroid dienone is 4. The molecule has 25 heavy (non-hydrogen) atoms. The molecule has 3 rings (SSSR count). The molecular formula is C20H20BrNO3. The zero-order valence-electron chi connectivity index (χ0n) is 14.6. The summed E-state index contributed by atoms with van der Waals surface area (Å²) < 4.78 is 8.09. The molecule has 0 fully saturated rings. The van der Waals surface area contributed by atoms with Gasteiger partial charge >= 0.3 is 5.97 Å². The predicted octanol–water partition coefficient (Wildman–Crippen LogP) is 4.91. The van der Waals surface area contributed by atoms with Crippen LogP contribution < -0.4 is 0 Å². The van der Waals surface area contributed by atoms with E-state index in [1.807, 2.05) is 42.7 Å². The minimum Gasteiger partial charge on any atom is -0.462 e. The van der Waals surface area contributed by atoms with Crippen molar-refractivity contribution in [2.24, 2.45) is 0 Å². The van der Waals surface area contributed by atoms with Gasteiger partial charge in [-0.1, -0.05) is 34.1 Å². The molecule has 4 nitrogen and oxygen atoms in total. The molecule has 0 saturated heterocycles. The summed E-state index contributed by atoms with van der Waals surface area (Å²) in [6.07, 6.45) is 7.15. The molecule has 0 atom stereocenters. The van der Waals surface area contributed by atoms with Crippen LogP contribution in [0.1, 0.15) is 51.7 Å². The summed E-state index contributed by atoms with van der Waals surface area (Å²) in [4.78, 5) is 25.4. The van der Waals surface area contributed by atoms with Crippen LogP contribution in [0, 0.1) is 13.8 Å². The Balaban J connectivity index is 2.18. The first-order valence-corrected chi connectivity index (χ1v) is 9.11. The van der Waals surface area contributed by atoms with E-state index in [4.69, 9.17) is 4.74 Å². The lowest BCUT2D eigenvalue weighted by Crippen LogP contribution is -2.09. The maximum atomic E-state index is 13.1. The smallest absolute Gasteiger partial charge is 0.340 e. The number of halogens is 1. The van der Waals surface area contributed by atoms with Crippen LogP contribution in [0.4, 0.5) is 0 Å². The lowest BCUT2D eigenvalue weighted by atomic mass is 9.99. The summed E-state index contributed by atoms with van der Waals surface area (Å²) in [7, 11) is 0. The number of aryl methyl sites for hydroxylation is 2. The second-order valence-corrected chi connectivity index (χ2v) is 7.24. The molecule has 0 aromatic carbocycles. The Bertz CT molecular complexity index is 934. The second-order valence-electron chi connectivity index (χ2n) is 6.22. The minimum absolute atomic E-state index is 0.0493. The molecule has 1 aliphatic carbocycles. The number of pyridine rings is 1. The zero-order valence-corrected chi connectivity index (χ0v) is 16.1. The summed E-state index contributed by atoms with van der Waals surface area (Å²) in [5.74, 6) is -0.446. The van der Waals surface area contributed by atoms with E-state index >= 15 is 0 Å². The first-order chi connectivity index (χ1) is 11.9.